The van der Waals surface area contributed by atoms with E-state index in [1.807, 2.05) is 0 Å². The number of rotatable bonds is 0. The zero-order valence-corrected chi connectivity index (χ0v) is 14.8. The van der Waals surface area contributed by atoms with E-state index in [0.717, 1.165) is 0 Å². The molecule has 0 aromatic rings. The standard InChI is InChI=1S/3Bi.Sb. The molecular formula is Bi3Sb. The molecule has 0 atom stereocenters. The second kappa shape index (κ2) is 16.1. The van der Waals surface area contributed by atoms with Gasteiger partial charge in [-0.15, -0.1) is 0 Å². The average Bonchev–Trinajstić information content (AvgIpc) is 0. The summed E-state index contributed by atoms with van der Waals surface area (Å²) >= 11 is 0. The molecule has 0 spiro atoms. The Morgan fingerprint density at radius 1 is 0.500 bits per heavy atom. The predicted molar refractivity (Wildman–Crippen MR) is 23.0 cm³/mol. The number of hydrogen-bond donors (Lipinski definition) is 0. The van der Waals surface area contributed by atoms with E-state index in [-0.39, 0.29) is 103 Å². The van der Waals surface area contributed by atoms with Gasteiger partial charge in [-0.2, -0.15) is 0 Å². The molecule has 0 nitrogen and oxygen atoms in total. The van der Waals surface area contributed by atoms with E-state index >= 15 is 0 Å². The van der Waals surface area contributed by atoms with Crippen LogP contribution in [0.5, 0.6) is 0 Å². The van der Waals surface area contributed by atoms with Crippen LogP contribution in [0.3, 0.4) is 0 Å². The molecule has 0 rings (SSSR count). The summed E-state index contributed by atoms with van der Waals surface area (Å²) in [5.74, 6) is 0. The monoisotopic (exact) mass is 748 g/mol. The van der Waals surface area contributed by atoms with Gasteiger partial charge in [0.15, 0.2) is 0 Å². The molecule has 0 saturated carbocycles. The van der Waals surface area contributed by atoms with Crippen molar-refractivity contribution < 1.29 is 0 Å². The molecule has 12 radical (unpaired) electrons. The second-order valence-electron chi connectivity index (χ2n) is 0. The average molecular weight is 749 g/mol. The van der Waals surface area contributed by atoms with E-state index in [4.69, 9.17) is 0 Å². The SMILES string of the molecule is [Bi].[Bi].[Bi].[Sb]. The summed E-state index contributed by atoms with van der Waals surface area (Å²) in [6, 6.07) is 0. The molecule has 0 fully saturated rings. The first-order chi connectivity index (χ1) is 0. The first-order valence-corrected chi connectivity index (χ1v) is 0. The third-order valence-electron chi connectivity index (χ3n) is 0. The summed E-state index contributed by atoms with van der Waals surface area (Å²) in [4.78, 5) is 0. The van der Waals surface area contributed by atoms with E-state index in [2.05, 4.69) is 0 Å². The van der Waals surface area contributed by atoms with Crippen LogP contribution in [0.2, 0.25) is 0 Å². The maximum Gasteiger partial charge on any atom is 0 e. The minimum atomic E-state index is 0. The van der Waals surface area contributed by atoms with Gasteiger partial charge in [0.2, 0.25) is 0 Å². The second-order valence-corrected chi connectivity index (χ2v) is 0. The van der Waals surface area contributed by atoms with Crippen LogP contribution < -0.4 is 0 Å². The summed E-state index contributed by atoms with van der Waals surface area (Å²) < 4.78 is 0. The molecule has 0 saturated heterocycles. The Labute approximate surface area is 101 Å². The first kappa shape index (κ1) is 26.0. The first-order valence-electron chi connectivity index (χ1n) is 0. The van der Waals surface area contributed by atoms with Gasteiger partial charge in [0.05, 0.1) is 0 Å². The van der Waals surface area contributed by atoms with Crippen LogP contribution in [0, 0.1) is 0 Å². The van der Waals surface area contributed by atoms with Crippen LogP contribution in [0.15, 0.2) is 0 Å². The van der Waals surface area contributed by atoms with Gasteiger partial charge in [-0.3, -0.25) is 0 Å². The summed E-state index contributed by atoms with van der Waals surface area (Å²) in [7, 11) is 0. The van der Waals surface area contributed by atoms with Crippen molar-refractivity contribution in [2.24, 2.45) is 0 Å². The van der Waals surface area contributed by atoms with Crippen LogP contribution in [-0.2, 0) is 0 Å². The topological polar surface area (TPSA) is 0 Å². The van der Waals surface area contributed by atoms with Gasteiger partial charge in [-0.05, 0) is 0 Å². The van der Waals surface area contributed by atoms with Crippen molar-refractivity contribution in [3.8, 4) is 0 Å². The Kier molecular flexibility index (Phi) is 104. The van der Waals surface area contributed by atoms with E-state index in [1.165, 1.54) is 0 Å². The van der Waals surface area contributed by atoms with Crippen LogP contribution in [0.1, 0.15) is 0 Å². The minimum absolute atomic E-state index is 0. The Morgan fingerprint density at radius 3 is 0.500 bits per heavy atom. The van der Waals surface area contributed by atoms with E-state index in [1.54, 1.807) is 0 Å². The Hall–Kier alpha value is 3.47. The normalized spacial score (nSPS) is 0. The van der Waals surface area contributed by atoms with Crippen LogP contribution in [-0.4, -0.2) is 103 Å². The molecular weight excluding hydrogens is 749 g/mol. The van der Waals surface area contributed by atoms with Gasteiger partial charge in [-0.1, -0.05) is 0 Å². The molecule has 0 aliphatic rings. The fraction of sp³-hybridized carbons (Fsp3) is 0. The van der Waals surface area contributed by atoms with Gasteiger partial charge < -0.3 is 0 Å². The van der Waals surface area contributed by atoms with Crippen molar-refractivity contribution in [1.29, 1.82) is 0 Å². The van der Waals surface area contributed by atoms with Gasteiger partial charge in [0.25, 0.3) is 0 Å². The van der Waals surface area contributed by atoms with Crippen molar-refractivity contribution >= 4 is 103 Å². The summed E-state index contributed by atoms with van der Waals surface area (Å²) in [6.45, 7) is 0. The van der Waals surface area contributed by atoms with E-state index in [0.29, 0.717) is 0 Å². The Balaban J connectivity index is 0. The molecule has 0 aliphatic heterocycles. The summed E-state index contributed by atoms with van der Waals surface area (Å²) in [5, 5.41) is 0. The smallest absolute Gasteiger partial charge is 0 e. The maximum absolute atomic E-state index is 0. The molecule has 0 amide bonds. The van der Waals surface area contributed by atoms with Crippen LogP contribution >= 0.6 is 0 Å². The van der Waals surface area contributed by atoms with Gasteiger partial charge in [0, 0.05) is 103 Å². The summed E-state index contributed by atoms with van der Waals surface area (Å²) in [6.07, 6.45) is 0. The minimum Gasteiger partial charge on any atom is 0 e. The third kappa shape index (κ3) is 9.08. The van der Waals surface area contributed by atoms with Crippen molar-refractivity contribution in [2.45, 2.75) is 0 Å². The Bertz CT molecular complexity index is 3.25. The quantitative estimate of drug-likeness (QED) is 0.265. The predicted octanol–water partition coefficient (Wildman–Crippen LogP) is -1.52. The van der Waals surface area contributed by atoms with Gasteiger partial charge in [-0.25, -0.2) is 0 Å². The Morgan fingerprint density at radius 2 is 0.500 bits per heavy atom. The van der Waals surface area contributed by atoms with E-state index in [9.17, 15) is 0 Å². The van der Waals surface area contributed by atoms with Crippen LogP contribution in [0.4, 0.5) is 0 Å². The van der Waals surface area contributed by atoms with Gasteiger partial charge >= 0.3 is 0 Å². The molecule has 0 aromatic heterocycles. The molecule has 0 bridgehead atoms. The molecule has 0 N–H and O–H groups in total. The molecule has 20 valence electrons. The van der Waals surface area contributed by atoms with Gasteiger partial charge in [0.1, 0.15) is 0 Å². The molecule has 0 unspecified atom stereocenters. The molecule has 0 aromatic carbocycles. The molecule has 4 heavy (non-hydrogen) atoms. The maximum atomic E-state index is 0. The van der Waals surface area contributed by atoms with Crippen molar-refractivity contribution in [3.05, 3.63) is 0 Å². The molecule has 0 heterocycles. The van der Waals surface area contributed by atoms with E-state index < -0.39 is 0 Å². The fourth-order valence-electron chi connectivity index (χ4n) is 0. The number of hydrogen-bond acceptors (Lipinski definition) is 0. The van der Waals surface area contributed by atoms with Crippen molar-refractivity contribution in [3.63, 3.8) is 0 Å². The zero-order chi connectivity index (χ0) is 0. The fourth-order valence-corrected chi connectivity index (χ4v) is 0. The molecule has 0 aliphatic carbocycles. The molecule has 4 heteroatoms. The third-order valence-corrected chi connectivity index (χ3v) is 0. The van der Waals surface area contributed by atoms with Crippen LogP contribution in [0.25, 0.3) is 0 Å². The zero-order valence-electron chi connectivity index (χ0n) is 1.79. The van der Waals surface area contributed by atoms with Crippen molar-refractivity contribution in [2.75, 3.05) is 0 Å². The summed E-state index contributed by atoms with van der Waals surface area (Å²) in [5.41, 5.74) is 0. The largest absolute Gasteiger partial charge is 0 e. The van der Waals surface area contributed by atoms with Crippen molar-refractivity contribution in [1.82, 2.24) is 0 Å².